The summed E-state index contributed by atoms with van der Waals surface area (Å²) in [7, 11) is 0. The molecule has 0 saturated carbocycles. The number of nitrogens with two attached hydrogens (primary N) is 1. The van der Waals surface area contributed by atoms with Gasteiger partial charge in [-0.15, -0.1) is 0 Å². The molecule has 1 nitrogen and oxygen atoms in total. The second-order valence-electron chi connectivity index (χ2n) is 3.02. The molecule has 0 aliphatic carbocycles. The number of hydrogen-bond acceptors (Lipinski definition) is 1. The van der Waals surface area contributed by atoms with Crippen LogP contribution in [-0.4, -0.2) is 5.33 Å². The van der Waals surface area contributed by atoms with Crippen LogP contribution in [0.1, 0.15) is 17.5 Å². The Labute approximate surface area is 87.8 Å². The van der Waals surface area contributed by atoms with Gasteiger partial charge in [0.1, 0.15) is 0 Å². The van der Waals surface area contributed by atoms with Gasteiger partial charge in [-0.1, -0.05) is 40.7 Å². The van der Waals surface area contributed by atoms with E-state index in [1.165, 1.54) is 5.56 Å². The van der Waals surface area contributed by atoms with Crippen molar-refractivity contribution in [3.05, 3.63) is 42.0 Å². The monoisotopic (exact) mass is 239 g/mol. The van der Waals surface area contributed by atoms with Gasteiger partial charge < -0.3 is 5.73 Å². The lowest BCUT2D eigenvalue weighted by Gasteiger charge is -2.03. The highest BCUT2D eigenvalue weighted by Crippen LogP contribution is 2.11. The molecule has 0 unspecified atom stereocenters. The summed E-state index contributed by atoms with van der Waals surface area (Å²) in [4.78, 5) is 0. The molecule has 0 aromatic heterocycles. The van der Waals surface area contributed by atoms with Gasteiger partial charge in [-0.25, -0.2) is 0 Å². The van der Waals surface area contributed by atoms with Crippen molar-refractivity contribution in [3.63, 3.8) is 0 Å². The second kappa shape index (κ2) is 5.07. The van der Waals surface area contributed by atoms with E-state index in [-0.39, 0.29) is 0 Å². The maximum absolute atomic E-state index is 5.61. The third-order valence-corrected chi connectivity index (χ3v) is 2.46. The highest BCUT2D eigenvalue weighted by Gasteiger charge is 1.96. The molecule has 0 aliphatic heterocycles. The molecule has 1 aromatic carbocycles. The quantitative estimate of drug-likeness (QED) is 0.804. The van der Waals surface area contributed by atoms with E-state index in [0.29, 0.717) is 5.70 Å². The number of hydrogen-bond donors (Lipinski definition) is 1. The maximum atomic E-state index is 5.61. The first-order valence-electron chi connectivity index (χ1n) is 4.33. The Morgan fingerprint density at radius 2 is 2.23 bits per heavy atom. The standard InChI is InChI=1S/C11H14BrN/c1-9(13)11-6-2-4-10(8-11)5-3-7-12/h2,4,6,8H,1,3,5,7,13H2. The summed E-state index contributed by atoms with van der Waals surface area (Å²) in [5, 5.41) is 1.04. The van der Waals surface area contributed by atoms with E-state index >= 15 is 0 Å². The molecule has 0 amide bonds. The lowest BCUT2D eigenvalue weighted by molar-refractivity contribution is 0.939. The molecule has 0 aliphatic rings. The summed E-state index contributed by atoms with van der Waals surface area (Å²) in [6.07, 6.45) is 2.24. The molecule has 0 saturated heterocycles. The fraction of sp³-hybridized carbons (Fsp3) is 0.273. The van der Waals surface area contributed by atoms with Crippen LogP contribution in [0.2, 0.25) is 0 Å². The fourth-order valence-corrected chi connectivity index (χ4v) is 1.48. The van der Waals surface area contributed by atoms with Crippen LogP contribution in [0.3, 0.4) is 0 Å². The first-order valence-corrected chi connectivity index (χ1v) is 5.46. The summed E-state index contributed by atoms with van der Waals surface area (Å²) in [5.74, 6) is 0. The molecule has 2 N–H and O–H groups in total. The number of halogens is 1. The Balaban J connectivity index is 2.73. The SMILES string of the molecule is C=C(N)c1cccc(CCCBr)c1. The maximum Gasteiger partial charge on any atom is 0.0314 e. The first kappa shape index (κ1) is 10.3. The average molecular weight is 240 g/mol. The zero-order valence-electron chi connectivity index (χ0n) is 7.59. The molecule has 13 heavy (non-hydrogen) atoms. The van der Waals surface area contributed by atoms with Crippen molar-refractivity contribution in [2.24, 2.45) is 5.73 Å². The van der Waals surface area contributed by atoms with Gasteiger partial charge in [0.15, 0.2) is 0 Å². The van der Waals surface area contributed by atoms with Crippen molar-refractivity contribution >= 4 is 21.6 Å². The summed E-state index contributed by atoms with van der Waals surface area (Å²) in [6, 6.07) is 8.23. The van der Waals surface area contributed by atoms with Crippen LogP contribution in [0.4, 0.5) is 0 Å². The van der Waals surface area contributed by atoms with E-state index in [4.69, 9.17) is 5.73 Å². The van der Waals surface area contributed by atoms with Gasteiger partial charge in [0.05, 0.1) is 0 Å². The number of aryl methyl sites for hydroxylation is 1. The molecule has 0 radical (unpaired) electrons. The summed E-state index contributed by atoms with van der Waals surface area (Å²) >= 11 is 3.41. The minimum atomic E-state index is 0.640. The van der Waals surface area contributed by atoms with E-state index in [1.54, 1.807) is 0 Å². The predicted octanol–water partition coefficient (Wildman–Crippen LogP) is 2.94. The summed E-state index contributed by atoms with van der Waals surface area (Å²) in [5.41, 5.74) is 8.60. The van der Waals surface area contributed by atoms with Gasteiger partial charge in [0.25, 0.3) is 0 Å². The van der Waals surface area contributed by atoms with Crippen molar-refractivity contribution in [2.75, 3.05) is 5.33 Å². The van der Waals surface area contributed by atoms with E-state index in [9.17, 15) is 0 Å². The molecule has 0 atom stereocenters. The Hall–Kier alpha value is -0.760. The smallest absolute Gasteiger partial charge is 0.0314 e. The van der Waals surface area contributed by atoms with Crippen molar-refractivity contribution in [1.29, 1.82) is 0 Å². The van der Waals surface area contributed by atoms with Crippen LogP contribution in [0.15, 0.2) is 30.8 Å². The third-order valence-electron chi connectivity index (χ3n) is 1.90. The third kappa shape index (κ3) is 3.23. The largest absolute Gasteiger partial charge is 0.399 e. The molecule has 0 spiro atoms. The predicted molar refractivity (Wildman–Crippen MR) is 61.8 cm³/mol. The molecule has 2 heteroatoms. The van der Waals surface area contributed by atoms with Gasteiger partial charge in [-0.05, 0) is 30.0 Å². The topological polar surface area (TPSA) is 26.0 Å². The lowest BCUT2D eigenvalue weighted by atomic mass is 10.1. The zero-order chi connectivity index (χ0) is 9.68. The molecule has 1 aromatic rings. The van der Waals surface area contributed by atoms with E-state index in [1.807, 2.05) is 12.1 Å². The van der Waals surface area contributed by atoms with Gasteiger partial charge in [0, 0.05) is 11.0 Å². The van der Waals surface area contributed by atoms with E-state index < -0.39 is 0 Å². The normalized spacial score (nSPS) is 9.92. The van der Waals surface area contributed by atoms with Crippen LogP contribution in [0, 0.1) is 0 Å². The zero-order valence-corrected chi connectivity index (χ0v) is 9.18. The van der Waals surface area contributed by atoms with Crippen molar-refractivity contribution < 1.29 is 0 Å². The molecule has 0 bridgehead atoms. The number of alkyl halides is 1. The van der Waals surface area contributed by atoms with Gasteiger partial charge in [-0.2, -0.15) is 0 Å². The van der Waals surface area contributed by atoms with Crippen LogP contribution in [0.5, 0.6) is 0 Å². The van der Waals surface area contributed by atoms with Gasteiger partial charge >= 0.3 is 0 Å². The van der Waals surface area contributed by atoms with E-state index in [2.05, 4.69) is 34.6 Å². The highest BCUT2D eigenvalue weighted by molar-refractivity contribution is 9.09. The van der Waals surface area contributed by atoms with Crippen molar-refractivity contribution in [1.82, 2.24) is 0 Å². The van der Waals surface area contributed by atoms with Crippen LogP contribution in [0.25, 0.3) is 5.70 Å². The molecule has 0 fully saturated rings. The minimum absolute atomic E-state index is 0.640. The van der Waals surface area contributed by atoms with Crippen molar-refractivity contribution in [3.8, 4) is 0 Å². The Kier molecular flexibility index (Phi) is 4.03. The fourth-order valence-electron chi connectivity index (χ4n) is 1.20. The van der Waals surface area contributed by atoms with Crippen LogP contribution >= 0.6 is 15.9 Å². The molecule has 70 valence electrons. The van der Waals surface area contributed by atoms with Crippen LogP contribution in [-0.2, 0) is 6.42 Å². The number of rotatable bonds is 4. The lowest BCUT2D eigenvalue weighted by Crippen LogP contribution is -1.95. The molecular weight excluding hydrogens is 226 g/mol. The Bertz CT molecular complexity index is 294. The molecular formula is C11H14BrN. The second-order valence-corrected chi connectivity index (χ2v) is 3.81. The highest BCUT2D eigenvalue weighted by atomic mass is 79.9. The van der Waals surface area contributed by atoms with Gasteiger partial charge in [0.2, 0.25) is 0 Å². The van der Waals surface area contributed by atoms with E-state index in [0.717, 1.165) is 23.7 Å². The molecule has 0 heterocycles. The van der Waals surface area contributed by atoms with Gasteiger partial charge in [-0.3, -0.25) is 0 Å². The Morgan fingerprint density at radius 1 is 1.46 bits per heavy atom. The Morgan fingerprint density at radius 3 is 2.85 bits per heavy atom. The average Bonchev–Trinajstić information content (AvgIpc) is 2.15. The first-order chi connectivity index (χ1) is 6.24. The summed E-state index contributed by atoms with van der Waals surface area (Å²) in [6.45, 7) is 3.72. The molecule has 1 rings (SSSR count). The van der Waals surface area contributed by atoms with Crippen molar-refractivity contribution in [2.45, 2.75) is 12.8 Å². The minimum Gasteiger partial charge on any atom is -0.399 e. The van der Waals surface area contributed by atoms with Crippen LogP contribution < -0.4 is 5.73 Å². The summed E-state index contributed by atoms with van der Waals surface area (Å²) < 4.78 is 0. The number of benzene rings is 1.